The van der Waals surface area contributed by atoms with Crippen LogP contribution >= 0.6 is 11.6 Å². The van der Waals surface area contributed by atoms with E-state index in [-0.39, 0.29) is 17.1 Å². The van der Waals surface area contributed by atoms with Crippen LogP contribution in [0.1, 0.15) is 29.6 Å². The largest absolute Gasteiger partial charge is 0.477 e. The Balaban J connectivity index is 1.56. The number of nitrogens with one attached hydrogen (secondary N) is 2. The predicted octanol–water partition coefficient (Wildman–Crippen LogP) is 5.15. The Labute approximate surface area is 246 Å². The summed E-state index contributed by atoms with van der Waals surface area (Å²) in [5.41, 5.74) is 4.66. The molecule has 0 bridgehead atoms. The van der Waals surface area contributed by atoms with E-state index in [1.165, 1.54) is 25.5 Å². The summed E-state index contributed by atoms with van der Waals surface area (Å²) in [5.74, 6) is -0.145. The first kappa shape index (κ1) is 26.7. The van der Waals surface area contributed by atoms with Gasteiger partial charge in [-0.25, -0.2) is 14.8 Å². The Bertz CT molecular complexity index is 1980. The van der Waals surface area contributed by atoms with E-state index in [0.29, 0.717) is 28.1 Å². The SMILES string of the molecule is CNc1cc(Cl)cc2c1[nH]c1ncc(-c3cnc4c(c3)c(=O)c(C(=O)O)cn4C)c(N3CC4CCCC4C3N(C)C)c12. The van der Waals surface area contributed by atoms with Crippen molar-refractivity contribution < 1.29 is 9.90 Å². The number of carbonyl (C=O) groups is 1. The molecule has 7 rings (SSSR count). The summed E-state index contributed by atoms with van der Waals surface area (Å²) in [6.45, 7) is 0.900. The Hall–Kier alpha value is -4.15. The zero-order chi connectivity index (χ0) is 29.4. The molecular weight excluding hydrogens is 554 g/mol. The van der Waals surface area contributed by atoms with Crippen molar-refractivity contribution in [3.05, 3.63) is 57.6 Å². The number of carboxylic acid groups (broad SMARTS) is 1. The molecule has 1 aliphatic carbocycles. The standard InChI is InChI=1S/C31H32ClN7O3/c1-33-23-10-17(32)9-19-24-26(39-13-15-6-5-7-18(15)30(39)37(2)3)21(12-34-28(24)36-25(19)23)16-8-20-27(40)22(31(41)42)14-38(4)29(20)35-11-16/h8-12,14-15,18,30,33H,5-7,13H2,1-4H3,(H,34,36)(H,41,42). The molecule has 2 fully saturated rings. The van der Waals surface area contributed by atoms with Gasteiger partial charge in [-0.2, -0.15) is 0 Å². The maximum atomic E-state index is 13.3. The van der Waals surface area contributed by atoms with Gasteiger partial charge in [0.25, 0.3) is 0 Å². The lowest BCUT2D eigenvalue weighted by Crippen LogP contribution is -2.44. The highest BCUT2D eigenvalue weighted by Gasteiger charge is 2.46. The van der Waals surface area contributed by atoms with E-state index in [1.54, 1.807) is 23.9 Å². The Kier molecular flexibility index (Phi) is 6.18. The first-order valence-electron chi connectivity index (χ1n) is 14.2. The number of fused-ring (bicyclic) bond motifs is 5. The van der Waals surface area contributed by atoms with Gasteiger partial charge in [0, 0.05) is 60.8 Å². The molecule has 3 unspecified atom stereocenters. The minimum absolute atomic E-state index is 0.176. The second-order valence-electron chi connectivity index (χ2n) is 11.8. The van der Waals surface area contributed by atoms with Crippen LogP contribution in [0.5, 0.6) is 0 Å². The van der Waals surface area contributed by atoms with Gasteiger partial charge in [0.1, 0.15) is 16.9 Å². The van der Waals surface area contributed by atoms with E-state index in [1.807, 2.05) is 25.4 Å². The molecule has 216 valence electrons. The number of aryl methyl sites for hydroxylation is 1. The van der Waals surface area contributed by atoms with E-state index in [2.05, 4.69) is 39.2 Å². The van der Waals surface area contributed by atoms with Gasteiger partial charge in [-0.1, -0.05) is 18.0 Å². The lowest BCUT2D eigenvalue weighted by Gasteiger charge is -2.36. The van der Waals surface area contributed by atoms with E-state index < -0.39 is 11.4 Å². The maximum Gasteiger partial charge on any atom is 0.341 e. The van der Waals surface area contributed by atoms with Gasteiger partial charge >= 0.3 is 5.97 Å². The summed E-state index contributed by atoms with van der Waals surface area (Å²) in [4.78, 5) is 43.0. The normalized spacial score (nSPS) is 20.3. The van der Waals surface area contributed by atoms with Gasteiger partial charge in [-0.15, -0.1) is 0 Å². The topological polar surface area (TPSA) is 119 Å². The molecule has 42 heavy (non-hydrogen) atoms. The number of hydrogen-bond donors (Lipinski definition) is 3. The molecule has 10 nitrogen and oxygen atoms in total. The first-order chi connectivity index (χ1) is 20.2. The molecule has 1 aromatic carbocycles. The molecule has 4 aromatic heterocycles. The quantitative estimate of drug-likeness (QED) is 0.259. The third-order valence-corrected chi connectivity index (χ3v) is 9.38. The number of rotatable bonds is 5. The van der Waals surface area contributed by atoms with Crippen LogP contribution in [0, 0.1) is 11.8 Å². The van der Waals surface area contributed by atoms with Gasteiger partial charge in [-0.3, -0.25) is 9.69 Å². The fourth-order valence-electron chi connectivity index (χ4n) is 7.44. The van der Waals surface area contributed by atoms with Gasteiger partial charge in [0.05, 0.1) is 33.8 Å². The highest BCUT2D eigenvalue weighted by Crippen LogP contribution is 2.50. The highest BCUT2D eigenvalue weighted by molar-refractivity contribution is 6.33. The van der Waals surface area contributed by atoms with Crippen molar-refractivity contribution in [2.24, 2.45) is 18.9 Å². The number of pyridine rings is 3. The second kappa shape index (κ2) is 9.71. The fraction of sp³-hybridized carbons (Fsp3) is 0.355. The van der Waals surface area contributed by atoms with Crippen molar-refractivity contribution in [1.82, 2.24) is 24.4 Å². The average Bonchev–Trinajstić information content (AvgIpc) is 3.66. The summed E-state index contributed by atoms with van der Waals surface area (Å²) < 4.78 is 1.58. The molecular formula is C31H32ClN7O3. The second-order valence-corrected chi connectivity index (χ2v) is 12.2. The lowest BCUT2D eigenvalue weighted by atomic mass is 9.97. The average molecular weight is 586 g/mol. The van der Waals surface area contributed by atoms with Crippen LogP contribution in [0.3, 0.4) is 0 Å². The van der Waals surface area contributed by atoms with E-state index >= 15 is 0 Å². The predicted molar refractivity (Wildman–Crippen MR) is 167 cm³/mol. The van der Waals surface area contributed by atoms with Crippen LogP contribution in [0.25, 0.3) is 44.1 Å². The van der Waals surface area contributed by atoms with Crippen molar-refractivity contribution in [2.75, 3.05) is 37.9 Å². The summed E-state index contributed by atoms with van der Waals surface area (Å²) in [6, 6.07) is 5.62. The molecule has 1 saturated heterocycles. The van der Waals surface area contributed by atoms with Crippen LogP contribution in [0.2, 0.25) is 5.02 Å². The minimum atomic E-state index is -1.26. The molecule has 1 aliphatic heterocycles. The van der Waals surface area contributed by atoms with Crippen LogP contribution in [0.4, 0.5) is 11.4 Å². The molecule has 0 spiro atoms. The van der Waals surface area contributed by atoms with Gasteiger partial charge in [-0.05, 0) is 57.0 Å². The number of benzene rings is 1. The Morgan fingerprint density at radius 2 is 1.98 bits per heavy atom. The monoisotopic (exact) mass is 585 g/mol. The van der Waals surface area contributed by atoms with Crippen LogP contribution in [-0.2, 0) is 7.05 Å². The minimum Gasteiger partial charge on any atom is -0.477 e. The van der Waals surface area contributed by atoms with E-state index in [0.717, 1.165) is 45.4 Å². The molecule has 2 aliphatic rings. The summed E-state index contributed by atoms with van der Waals surface area (Å²) >= 11 is 6.63. The molecule has 0 amide bonds. The van der Waals surface area contributed by atoms with Crippen molar-refractivity contribution in [3.8, 4) is 11.1 Å². The number of aromatic amines is 1. The summed E-state index contributed by atoms with van der Waals surface area (Å²) in [5, 5.41) is 15.7. The molecule has 0 radical (unpaired) electrons. The van der Waals surface area contributed by atoms with Crippen molar-refractivity contribution in [2.45, 2.75) is 25.4 Å². The van der Waals surface area contributed by atoms with Gasteiger partial charge in [0.2, 0.25) is 5.43 Å². The Morgan fingerprint density at radius 3 is 2.71 bits per heavy atom. The van der Waals surface area contributed by atoms with Crippen LogP contribution in [0.15, 0.2) is 41.6 Å². The van der Waals surface area contributed by atoms with Crippen molar-refractivity contribution >= 4 is 61.9 Å². The number of halogens is 1. The molecule has 5 aromatic rings. The fourth-order valence-corrected chi connectivity index (χ4v) is 7.66. The number of aromatic carboxylic acids is 1. The van der Waals surface area contributed by atoms with Gasteiger partial charge < -0.3 is 24.9 Å². The van der Waals surface area contributed by atoms with Gasteiger partial charge in [0.15, 0.2) is 0 Å². The van der Waals surface area contributed by atoms with Crippen LogP contribution < -0.4 is 15.6 Å². The number of carboxylic acids is 1. The third-order valence-electron chi connectivity index (χ3n) is 9.16. The molecule has 11 heteroatoms. The molecule has 1 saturated carbocycles. The van der Waals surface area contributed by atoms with Crippen molar-refractivity contribution in [1.29, 1.82) is 0 Å². The highest BCUT2D eigenvalue weighted by atomic mass is 35.5. The maximum absolute atomic E-state index is 13.3. The van der Waals surface area contributed by atoms with E-state index in [4.69, 9.17) is 16.6 Å². The number of hydrogen-bond acceptors (Lipinski definition) is 7. The molecule has 3 atom stereocenters. The molecule has 5 heterocycles. The van der Waals surface area contributed by atoms with Crippen molar-refractivity contribution in [3.63, 3.8) is 0 Å². The Morgan fingerprint density at radius 1 is 1.17 bits per heavy atom. The van der Waals surface area contributed by atoms with E-state index in [9.17, 15) is 14.7 Å². The number of nitrogens with zero attached hydrogens (tertiary/aromatic N) is 5. The summed E-state index contributed by atoms with van der Waals surface area (Å²) in [7, 11) is 7.83. The number of aromatic nitrogens is 4. The smallest absolute Gasteiger partial charge is 0.341 e. The third kappa shape index (κ3) is 3.89. The zero-order valence-corrected chi connectivity index (χ0v) is 24.7. The molecule has 3 N–H and O–H groups in total. The number of anilines is 2. The number of H-pyrrole nitrogens is 1. The lowest BCUT2D eigenvalue weighted by molar-refractivity contribution is 0.0695. The first-order valence-corrected chi connectivity index (χ1v) is 14.5. The van der Waals surface area contributed by atoms with Crippen LogP contribution in [-0.4, -0.2) is 69.3 Å². The zero-order valence-electron chi connectivity index (χ0n) is 23.9. The summed E-state index contributed by atoms with van der Waals surface area (Å²) in [6.07, 6.45) is 8.70.